The lowest BCUT2D eigenvalue weighted by Crippen LogP contribution is -2.37. The summed E-state index contributed by atoms with van der Waals surface area (Å²) >= 11 is 0. The van der Waals surface area contributed by atoms with Gasteiger partial charge in [0.05, 0.1) is 27.7 Å². The quantitative estimate of drug-likeness (QED) is 0.0197. The van der Waals surface area contributed by atoms with Gasteiger partial charge in [-0.05, 0) is 89.9 Å². The molecule has 0 aromatic heterocycles. The smallest absolute Gasteiger partial charge is 0.306 e. The van der Waals surface area contributed by atoms with E-state index < -0.39 is 32.5 Å². The predicted molar refractivity (Wildman–Crippen MR) is 240 cm³/mol. The zero-order chi connectivity index (χ0) is 42.8. The standard InChI is InChI=1S/C48H84NO8P/c1-6-8-10-12-14-16-18-20-22-23-24-25-27-29-31-33-35-37-39-41-48(51)57-46(45-56-58(52,53)55-43-42-49(3,4)5)44-54-47(50)40-38-36-34-32-30-28-26-21-19-17-15-13-11-9-7-2/h14-17,20-22,24-26,29,31,46H,6-13,18-19,23,27-28,30,32-45H2,1-5H3/b16-14-,17-15-,22-20-,25-24-,26-21-,31-29-/t46-/m1/s1. The minimum absolute atomic E-state index is 0.0433. The summed E-state index contributed by atoms with van der Waals surface area (Å²) in [5, 5.41) is 0. The number of quaternary nitrogens is 1. The summed E-state index contributed by atoms with van der Waals surface area (Å²) < 4.78 is 33.9. The van der Waals surface area contributed by atoms with Gasteiger partial charge in [-0.3, -0.25) is 14.2 Å². The van der Waals surface area contributed by atoms with E-state index in [1.807, 2.05) is 21.1 Å². The van der Waals surface area contributed by atoms with Crippen molar-refractivity contribution >= 4 is 19.8 Å². The monoisotopic (exact) mass is 834 g/mol. The number of hydrogen-bond acceptors (Lipinski definition) is 8. The third-order valence-electron chi connectivity index (χ3n) is 9.20. The van der Waals surface area contributed by atoms with Crippen LogP contribution in [0.1, 0.15) is 168 Å². The molecule has 0 fully saturated rings. The zero-order valence-electron chi connectivity index (χ0n) is 37.5. The Kier molecular flexibility index (Phi) is 38.1. The van der Waals surface area contributed by atoms with Gasteiger partial charge >= 0.3 is 11.9 Å². The van der Waals surface area contributed by atoms with Crippen LogP contribution in [-0.4, -0.2) is 70.0 Å². The van der Waals surface area contributed by atoms with E-state index >= 15 is 0 Å². The predicted octanol–water partition coefficient (Wildman–Crippen LogP) is 12.4. The molecule has 334 valence electrons. The zero-order valence-corrected chi connectivity index (χ0v) is 38.4. The lowest BCUT2D eigenvalue weighted by molar-refractivity contribution is -0.870. The highest BCUT2D eigenvalue weighted by molar-refractivity contribution is 7.45. The van der Waals surface area contributed by atoms with Crippen molar-refractivity contribution in [3.63, 3.8) is 0 Å². The maximum atomic E-state index is 12.7. The van der Waals surface area contributed by atoms with E-state index in [0.29, 0.717) is 23.9 Å². The minimum atomic E-state index is -4.64. The molecular weight excluding hydrogens is 750 g/mol. The van der Waals surface area contributed by atoms with E-state index in [1.165, 1.54) is 51.4 Å². The molecule has 2 atom stereocenters. The van der Waals surface area contributed by atoms with Crippen LogP contribution in [0.5, 0.6) is 0 Å². The average molecular weight is 834 g/mol. The largest absolute Gasteiger partial charge is 0.756 e. The Bertz CT molecular complexity index is 1220. The van der Waals surface area contributed by atoms with Crippen LogP contribution in [0.25, 0.3) is 0 Å². The molecule has 0 saturated carbocycles. The van der Waals surface area contributed by atoms with Crippen LogP contribution < -0.4 is 4.89 Å². The second-order valence-electron chi connectivity index (χ2n) is 16.1. The molecule has 0 aliphatic carbocycles. The molecule has 0 aromatic rings. The lowest BCUT2D eigenvalue weighted by Gasteiger charge is -2.28. The van der Waals surface area contributed by atoms with Gasteiger partial charge in [-0.1, -0.05) is 138 Å². The highest BCUT2D eigenvalue weighted by Gasteiger charge is 2.21. The Balaban J connectivity index is 4.45. The molecule has 0 N–H and O–H groups in total. The molecule has 0 amide bonds. The molecule has 10 heteroatoms. The van der Waals surface area contributed by atoms with E-state index in [-0.39, 0.29) is 26.1 Å². The van der Waals surface area contributed by atoms with Gasteiger partial charge in [-0.25, -0.2) is 0 Å². The first-order chi connectivity index (χ1) is 28.0. The van der Waals surface area contributed by atoms with Gasteiger partial charge < -0.3 is 27.9 Å². The van der Waals surface area contributed by atoms with E-state index in [2.05, 4.69) is 86.8 Å². The number of carbonyl (C=O) groups is 2. The number of ether oxygens (including phenoxy) is 2. The fraction of sp³-hybridized carbons (Fsp3) is 0.708. The van der Waals surface area contributed by atoms with Crippen molar-refractivity contribution in [2.24, 2.45) is 0 Å². The van der Waals surface area contributed by atoms with Crippen LogP contribution in [0.3, 0.4) is 0 Å². The average Bonchev–Trinajstić information content (AvgIpc) is 3.17. The summed E-state index contributed by atoms with van der Waals surface area (Å²) in [6.07, 6.45) is 49.2. The van der Waals surface area contributed by atoms with Crippen LogP contribution in [0.4, 0.5) is 0 Å². The third-order valence-corrected chi connectivity index (χ3v) is 10.2. The van der Waals surface area contributed by atoms with E-state index in [4.69, 9.17) is 18.5 Å². The number of unbranched alkanes of at least 4 members (excludes halogenated alkanes) is 14. The van der Waals surface area contributed by atoms with Crippen LogP contribution >= 0.6 is 7.82 Å². The molecular formula is C48H84NO8P. The Hall–Kier alpha value is -2.55. The Morgan fingerprint density at radius 1 is 0.534 bits per heavy atom. The van der Waals surface area contributed by atoms with Crippen molar-refractivity contribution in [3.05, 3.63) is 72.9 Å². The van der Waals surface area contributed by atoms with Crippen LogP contribution in [-0.2, 0) is 32.7 Å². The molecule has 0 aliphatic heterocycles. The van der Waals surface area contributed by atoms with Crippen molar-refractivity contribution in [2.75, 3.05) is 47.5 Å². The summed E-state index contributed by atoms with van der Waals surface area (Å²) in [7, 11) is 1.12. The number of phosphoric acid groups is 1. The first-order valence-corrected chi connectivity index (χ1v) is 24.1. The Morgan fingerprint density at radius 2 is 0.931 bits per heavy atom. The highest BCUT2D eigenvalue weighted by atomic mass is 31.2. The number of esters is 2. The summed E-state index contributed by atoms with van der Waals surface area (Å²) in [5.74, 6) is -0.893. The molecule has 0 bridgehead atoms. The maximum Gasteiger partial charge on any atom is 0.306 e. The van der Waals surface area contributed by atoms with Gasteiger partial charge in [0, 0.05) is 12.8 Å². The van der Waals surface area contributed by atoms with Crippen molar-refractivity contribution < 1.29 is 42.1 Å². The second-order valence-corrected chi connectivity index (χ2v) is 17.5. The number of nitrogens with zero attached hydrogens (tertiary/aromatic N) is 1. The summed E-state index contributed by atoms with van der Waals surface area (Å²) in [4.78, 5) is 37.6. The SMILES string of the molecule is CCCCC/C=C\C/C=C\C/C=C\C/C=C\CCCCCC(=O)O[C@H](COC(=O)CCCCCCC/C=C\C/C=C\CCCCC)COP(=O)([O-])OCC[N+](C)(C)C. The van der Waals surface area contributed by atoms with Gasteiger partial charge in [0.1, 0.15) is 19.8 Å². The van der Waals surface area contributed by atoms with Crippen molar-refractivity contribution in [2.45, 2.75) is 174 Å². The summed E-state index contributed by atoms with van der Waals surface area (Å²) in [5.41, 5.74) is 0. The van der Waals surface area contributed by atoms with E-state index in [0.717, 1.165) is 77.0 Å². The number of allylic oxidation sites excluding steroid dienone is 12. The number of likely N-dealkylation sites (N-methyl/N-ethyl adjacent to an activating group) is 1. The van der Waals surface area contributed by atoms with Crippen molar-refractivity contribution in [1.82, 2.24) is 0 Å². The number of hydrogen-bond donors (Lipinski definition) is 0. The topological polar surface area (TPSA) is 111 Å². The van der Waals surface area contributed by atoms with Gasteiger partial charge in [0.2, 0.25) is 0 Å². The van der Waals surface area contributed by atoms with Crippen LogP contribution in [0.15, 0.2) is 72.9 Å². The van der Waals surface area contributed by atoms with E-state index in [1.54, 1.807) is 0 Å². The molecule has 0 saturated heterocycles. The first kappa shape index (κ1) is 55.5. The molecule has 9 nitrogen and oxygen atoms in total. The van der Waals surface area contributed by atoms with E-state index in [9.17, 15) is 19.0 Å². The van der Waals surface area contributed by atoms with Crippen LogP contribution in [0.2, 0.25) is 0 Å². The maximum absolute atomic E-state index is 12.7. The third kappa shape index (κ3) is 43.0. The molecule has 0 heterocycles. The molecule has 0 aromatic carbocycles. The lowest BCUT2D eigenvalue weighted by atomic mass is 10.1. The second kappa shape index (κ2) is 39.9. The summed E-state index contributed by atoms with van der Waals surface area (Å²) in [6.45, 7) is 4.10. The minimum Gasteiger partial charge on any atom is -0.756 e. The summed E-state index contributed by atoms with van der Waals surface area (Å²) in [6, 6.07) is 0. The molecule has 0 rings (SSSR count). The van der Waals surface area contributed by atoms with Crippen molar-refractivity contribution in [1.29, 1.82) is 0 Å². The Morgan fingerprint density at radius 3 is 1.40 bits per heavy atom. The fourth-order valence-corrected chi connectivity index (χ4v) is 6.34. The molecule has 0 spiro atoms. The van der Waals surface area contributed by atoms with Gasteiger partial charge in [-0.15, -0.1) is 0 Å². The molecule has 58 heavy (non-hydrogen) atoms. The molecule has 0 radical (unpaired) electrons. The highest BCUT2D eigenvalue weighted by Crippen LogP contribution is 2.38. The molecule has 1 unspecified atom stereocenters. The fourth-order valence-electron chi connectivity index (χ4n) is 5.61. The Labute approximate surface area is 355 Å². The first-order valence-electron chi connectivity index (χ1n) is 22.6. The number of phosphoric ester groups is 1. The van der Waals surface area contributed by atoms with Crippen molar-refractivity contribution in [3.8, 4) is 0 Å². The number of carbonyl (C=O) groups excluding carboxylic acids is 2. The van der Waals surface area contributed by atoms with Gasteiger partial charge in [-0.2, -0.15) is 0 Å². The number of rotatable bonds is 40. The van der Waals surface area contributed by atoms with Gasteiger partial charge in [0.25, 0.3) is 7.82 Å². The van der Waals surface area contributed by atoms with Crippen LogP contribution in [0, 0.1) is 0 Å². The normalized spacial score (nSPS) is 14.2. The van der Waals surface area contributed by atoms with Gasteiger partial charge in [0.15, 0.2) is 6.10 Å². The molecule has 0 aliphatic rings.